The van der Waals surface area contributed by atoms with Crippen molar-refractivity contribution in [3.63, 3.8) is 0 Å². The molecule has 4 nitrogen and oxygen atoms in total. The lowest BCUT2D eigenvalue weighted by Gasteiger charge is -2.09. The number of alkyl halides is 3. The van der Waals surface area contributed by atoms with Gasteiger partial charge in [-0.2, -0.15) is 13.2 Å². The minimum atomic E-state index is -4.37. The van der Waals surface area contributed by atoms with Crippen LogP contribution in [0.1, 0.15) is 19.5 Å². The summed E-state index contributed by atoms with van der Waals surface area (Å²) in [6.45, 7) is 4.26. The normalized spacial score (nSPS) is 11.8. The summed E-state index contributed by atoms with van der Waals surface area (Å²) in [6.07, 6.45) is 4.34. The van der Waals surface area contributed by atoms with Gasteiger partial charge in [0.05, 0.1) is 22.7 Å². The van der Waals surface area contributed by atoms with Crippen molar-refractivity contribution in [2.75, 3.05) is 4.72 Å². The molecule has 0 aliphatic carbocycles. The highest BCUT2D eigenvalue weighted by molar-refractivity contribution is 8.01. The Kier molecular flexibility index (Phi) is 6.20. The third-order valence-corrected chi connectivity index (χ3v) is 4.70. The first-order valence-corrected chi connectivity index (χ1v) is 9.72. The number of halogens is 4. The van der Waals surface area contributed by atoms with Crippen molar-refractivity contribution in [1.82, 2.24) is 15.0 Å². The second-order valence-electron chi connectivity index (χ2n) is 6.61. The molecule has 0 fully saturated rings. The molecule has 0 atom stereocenters. The molecule has 0 saturated heterocycles. The average Bonchev–Trinajstić information content (AvgIpc) is 3.09. The maximum absolute atomic E-state index is 12.3. The van der Waals surface area contributed by atoms with Crippen LogP contribution in [0, 0.1) is 5.92 Å². The van der Waals surface area contributed by atoms with Gasteiger partial charge >= 0.3 is 5.51 Å². The maximum atomic E-state index is 12.3. The van der Waals surface area contributed by atoms with E-state index in [9.17, 15) is 13.2 Å². The molecule has 2 heterocycles. The quantitative estimate of drug-likeness (QED) is 0.437. The van der Waals surface area contributed by atoms with E-state index >= 15 is 0 Å². The standard InChI is InChI=1S/C19H18ClF3N4S/c1-11(2)7-14-8-12(5-6-24-14)18-25-10-17(26-18)15-4-3-13(9-16(15)20)27-28-19(21,22)23/h3-6,8-11,27H,7H2,1-2H3,(H,25,26). The molecule has 2 aromatic heterocycles. The molecule has 0 bridgehead atoms. The van der Waals surface area contributed by atoms with Crippen LogP contribution in [-0.2, 0) is 6.42 Å². The topological polar surface area (TPSA) is 53.6 Å². The van der Waals surface area contributed by atoms with E-state index in [2.05, 4.69) is 33.5 Å². The number of imidazole rings is 1. The van der Waals surface area contributed by atoms with E-state index in [1.54, 1.807) is 18.5 Å². The summed E-state index contributed by atoms with van der Waals surface area (Å²) in [5.74, 6) is 1.17. The minimum absolute atomic E-state index is 0.263. The molecule has 148 valence electrons. The number of anilines is 1. The number of aromatic amines is 1. The number of H-pyrrole nitrogens is 1. The van der Waals surface area contributed by atoms with E-state index in [0.29, 0.717) is 28.0 Å². The summed E-state index contributed by atoms with van der Waals surface area (Å²) in [6, 6.07) is 8.47. The average molecular weight is 427 g/mol. The van der Waals surface area contributed by atoms with Gasteiger partial charge in [-0.25, -0.2) is 4.98 Å². The Morgan fingerprint density at radius 3 is 2.68 bits per heavy atom. The first-order valence-electron chi connectivity index (χ1n) is 8.52. The fourth-order valence-corrected chi connectivity index (χ4v) is 3.30. The molecule has 3 aromatic rings. The van der Waals surface area contributed by atoms with Gasteiger partial charge in [0.25, 0.3) is 0 Å². The lowest BCUT2D eigenvalue weighted by molar-refractivity contribution is -0.0323. The van der Waals surface area contributed by atoms with Crippen molar-refractivity contribution in [2.45, 2.75) is 25.8 Å². The summed E-state index contributed by atoms with van der Waals surface area (Å²) in [5, 5.41) is 0.307. The zero-order valence-corrected chi connectivity index (χ0v) is 16.7. The van der Waals surface area contributed by atoms with Crippen molar-refractivity contribution >= 4 is 29.2 Å². The van der Waals surface area contributed by atoms with Gasteiger partial charge < -0.3 is 9.71 Å². The number of hydrogen-bond donors (Lipinski definition) is 2. The SMILES string of the molecule is CC(C)Cc1cc(-c2nc(-c3ccc(NSC(F)(F)F)cc3Cl)c[nH]2)ccn1. The van der Waals surface area contributed by atoms with Gasteiger partial charge in [-0.05, 0) is 42.7 Å². The summed E-state index contributed by atoms with van der Waals surface area (Å²) >= 11 is 5.92. The lowest BCUT2D eigenvalue weighted by Crippen LogP contribution is -2.04. The second kappa shape index (κ2) is 8.45. The Bertz CT molecular complexity index is 956. The molecule has 0 spiro atoms. The van der Waals surface area contributed by atoms with Crippen LogP contribution < -0.4 is 4.72 Å². The molecule has 3 rings (SSSR count). The summed E-state index contributed by atoms with van der Waals surface area (Å²) in [4.78, 5) is 12.1. The molecule has 0 saturated carbocycles. The van der Waals surface area contributed by atoms with Crippen LogP contribution >= 0.6 is 23.5 Å². The number of pyridine rings is 1. The highest BCUT2D eigenvalue weighted by Crippen LogP contribution is 2.34. The van der Waals surface area contributed by atoms with Crippen molar-refractivity contribution in [3.05, 3.63) is 53.4 Å². The Hall–Kier alpha value is -2.19. The van der Waals surface area contributed by atoms with E-state index in [0.717, 1.165) is 17.7 Å². The smallest absolute Gasteiger partial charge is 0.344 e. The molecule has 28 heavy (non-hydrogen) atoms. The number of nitrogens with zero attached hydrogens (tertiary/aromatic N) is 2. The molecule has 2 N–H and O–H groups in total. The molecular formula is C19H18ClF3N4S. The Balaban J connectivity index is 1.80. The molecule has 0 radical (unpaired) electrons. The number of nitrogens with one attached hydrogen (secondary N) is 2. The monoisotopic (exact) mass is 426 g/mol. The predicted octanol–water partition coefficient (Wildman–Crippen LogP) is 6.57. The first kappa shape index (κ1) is 20.5. The Morgan fingerprint density at radius 1 is 1.21 bits per heavy atom. The van der Waals surface area contributed by atoms with E-state index in [4.69, 9.17) is 11.6 Å². The molecule has 0 aliphatic heterocycles. The summed E-state index contributed by atoms with van der Waals surface area (Å²) in [5.41, 5.74) is -0.977. The van der Waals surface area contributed by atoms with Gasteiger partial charge in [-0.1, -0.05) is 25.4 Å². The van der Waals surface area contributed by atoms with Crippen LogP contribution in [0.2, 0.25) is 5.02 Å². The minimum Gasteiger partial charge on any atom is -0.344 e. The number of aromatic nitrogens is 3. The van der Waals surface area contributed by atoms with Crippen LogP contribution in [0.25, 0.3) is 22.6 Å². The second-order valence-corrected chi connectivity index (χ2v) is 7.89. The summed E-state index contributed by atoms with van der Waals surface area (Å²) in [7, 11) is 0. The molecule has 1 aromatic carbocycles. The van der Waals surface area contributed by atoms with Crippen LogP contribution in [-0.4, -0.2) is 20.5 Å². The largest absolute Gasteiger partial charge is 0.461 e. The van der Waals surface area contributed by atoms with Crippen molar-refractivity contribution in [3.8, 4) is 22.6 Å². The van der Waals surface area contributed by atoms with Gasteiger partial charge in [-0.15, -0.1) is 0 Å². The van der Waals surface area contributed by atoms with Crippen LogP contribution in [0.4, 0.5) is 18.9 Å². The van der Waals surface area contributed by atoms with Crippen LogP contribution in [0.5, 0.6) is 0 Å². The van der Waals surface area contributed by atoms with Gasteiger partial charge in [0, 0.05) is 34.9 Å². The van der Waals surface area contributed by atoms with Crippen molar-refractivity contribution in [1.29, 1.82) is 0 Å². The molecule has 0 amide bonds. The number of hydrogen-bond acceptors (Lipinski definition) is 4. The van der Waals surface area contributed by atoms with Gasteiger partial charge in [0.2, 0.25) is 0 Å². The summed E-state index contributed by atoms with van der Waals surface area (Å²) < 4.78 is 39.1. The van der Waals surface area contributed by atoms with E-state index in [1.807, 2.05) is 12.1 Å². The van der Waals surface area contributed by atoms with Crippen LogP contribution in [0.3, 0.4) is 0 Å². The Labute approximate surface area is 170 Å². The molecule has 0 aliphatic rings. The fourth-order valence-electron chi connectivity index (χ4n) is 2.67. The highest BCUT2D eigenvalue weighted by atomic mass is 35.5. The third kappa shape index (κ3) is 5.42. The first-order chi connectivity index (χ1) is 13.2. The zero-order chi connectivity index (χ0) is 20.3. The molecule has 0 unspecified atom stereocenters. The van der Waals surface area contributed by atoms with Crippen molar-refractivity contribution in [2.24, 2.45) is 5.92 Å². The van der Waals surface area contributed by atoms with E-state index < -0.39 is 5.51 Å². The molecular weight excluding hydrogens is 409 g/mol. The van der Waals surface area contributed by atoms with E-state index in [-0.39, 0.29) is 17.6 Å². The van der Waals surface area contributed by atoms with Gasteiger partial charge in [0.1, 0.15) is 5.82 Å². The number of rotatable bonds is 6. The predicted molar refractivity (Wildman–Crippen MR) is 108 cm³/mol. The van der Waals surface area contributed by atoms with Gasteiger partial charge in [0.15, 0.2) is 0 Å². The zero-order valence-electron chi connectivity index (χ0n) is 15.1. The van der Waals surface area contributed by atoms with Gasteiger partial charge in [-0.3, -0.25) is 4.98 Å². The number of benzene rings is 1. The fraction of sp³-hybridized carbons (Fsp3) is 0.263. The third-order valence-electron chi connectivity index (χ3n) is 3.81. The highest BCUT2D eigenvalue weighted by Gasteiger charge is 2.29. The Morgan fingerprint density at radius 2 is 2.00 bits per heavy atom. The van der Waals surface area contributed by atoms with Crippen LogP contribution in [0.15, 0.2) is 42.7 Å². The lowest BCUT2D eigenvalue weighted by atomic mass is 10.1. The molecule has 9 heteroatoms. The van der Waals surface area contributed by atoms with E-state index in [1.165, 1.54) is 12.1 Å². The van der Waals surface area contributed by atoms with Crippen molar-refractivity contribution < 1.29 is 13.2 Å². The maximum Gasteiger partial charge on any atom is 0.461 e.